The van der Waals surface area contributed by atoms with Gasteiger partial charge in [0.25, 0.3) is 0 Å². The number of allylic oxidation sites excluding steroid dienone is 6. The van der Waals surface area contributed by atoms with E-state index in [-0.39, 0.29) is 31.1 Å². The first-order valence-electron chi connectivity index (χ1n) is 35.5. The Labute approximate surface area is 493 Å². The summed E-state index contributed by atoms with van der Waals surface area (Å²) in [4.78, 5) is 38.3. The van der Waals surface area contributed by atoms with Crippen LogP contribution in [0.4, 0.5) is 0 Å². The van der Waals surface area contributed by atoms with Gasteiger partial charge in [-0.2, -0.15) is 0 Å². The molecule has 1 atom stereocenters. The van der Waals surface area contributed by atoms with Crippen LogP contribution in [0.2, 0.25) is 0 Å². The van der Waals surface area contributed by atoms with E-state index < -0.39 is 6.10 Å². The van der Waals surface area contributed by atoms with Crippen LogP contribution in [0.3, 0.4) is 0 Å². The highest BCUT2D eigenvalue weighted by molar-refractivity contribution is 5.71. The summed E-state index contributed by atoms with van der Waals surface area (Å²) in [5.41, 5.74) is 0. The summed E-state index contributed by atoms with van der Waals surface area (Å²) in [6.45, 7) is 6.70. The minimum absolute atomic E-state index is 0.0642. The molecule has 1 unspecified atom stereocenters. The lowest BCUT2D eigenvalue weighted by molar-refractivity contribution is -0.167. The van der Waals surface area contributed by atoms with Crippen molar-refractivity contribution >= 4 is 17.9 Å². The van der Waals surface area contributed by atoms with Gasteiger partial charge in [0.15, 0.2) is 6.10 Å². The lowest BCUT2D eigenvalue weighted by Gasteiger charge is -2.18. The third-order valence-electron chi connectivity index (χ3n) is 16.1. The molecule has 0 heterocycles. The highest BCUT2D eigenvalue weighted by atomic mass is 16.6. The van der Waals surface area contributed by atoms with E-state index in [1.54, 1.807) is 0 Å². The van der Waals surface area contributed by atoms with Crippen LogP contribution in [0.25, 0.3) is 0 Å². The van der Waals surface area contributed by atoms with Crippen LogP contribution in [0.15, 0.2) is 36.5 Å². The lowest BCUT2D eigenvalue weighted by Crippen LogP contribution is -2.30. The molecular formula is C73H136O6. The molecule has 0 bridgehead atoms. The molecule has 0 spiro atoms. The fourth-order valence-corrected chi connectivity index (χ4v) is 10.8. The predicted molar refractivity (Wildman–Crippen MR) is 344 cm³/mol. The largest absolute Gasteiger partial charge is 0.462 e. The predicted octanol–water partition coefficient (Wildman–Crippen LogP) is 24.3. The van der Waals surface area contributed by atoms with Crippen LogP contribution in [0.1, 0.15) is 393 Å². The van der Waals surface area contributed by atoms with Crippen LogP contribution in [-0.4, -0.2) is 37.2 Å². The fourth-order valence-electron chi connectivity index (χ4n) is 10.8. The number of carbonyl (C=O) groups is 3. The summed E-state index contributed by atoms with van der Waals surface area (Å²) in [5, 5.41) is 0. The van der Waals surface area contributed by atoms with Gasteiger partial charge in [-0.25, -0.2) is 0 Å². The summed E-state index contributed by atoms with van der Waals surface area (Å²) >= 11 is 0. The SMILES string of the molecule is CCCCCCC/C=C\C/C=C\C/C=C\CCCCCCCCCCCCCCCCCCCCC(=O)OCC(COC(=O)CCCCCCCCCCCCCCCC)OC(=O)CCCCCCCCCCCCCCCC. The van der Waals surface area contributed by atoms with Crippen molar-refractivity contribution in [2.75, 3.05) is 13.2 Å². The fraction of sp³-hybridized carbons (Fsp3) is 0.877. The standard InChI is InChI=1S/C73H136O6/c1-4-7-10-13-16-19-22-25-28-29-30-31-32-33-34-35-36-37-38-39-40-41-42-43-44-45-46-49-51-54-57-60-63-66-72(75)78-69-70(79-73(76)67-64-61-58-55-52-48-27-24-21-18-15-12-9-6-3)68-77-71(74)65-62-59-56-53-50-47-26-23-20-17-14-11-8-5-2/h22,25,29-30,32-33,70H,4-21,23-24,26-28,31,34-69H2,1-3H3/b25-22-,30-29-,33-32-. The van der Waals surface area contributed by atoms with Gasteiger partial charge in [-0.3, -0.25) is 14.4 Å². The zero-order chi connectivity index (χ0) is 57.1. The van der Waals surface area contributed by atoms with Crippen LogP contribution < -0.4 is 0 Å². The van der Waals surface area contributed by atoms with Gasteiger partial charge in [0, 0.05) is 19.3 Å². The Morgan fingerprint density at radius 2 is 0.456 bits per heavy atom. The quantitative estimate of drug-likeness (QED) is 0.0261. The van der Waals surface area contributed by atoms with Crippen molar-refractivity contribution < 1.29 is 28.6 Å². The second kappa shape index (κ2) is 68.1. The molecule has 0 aliphatic heterocycles. The van der Waals surface area contributed by atoms with E-state index in [1.807, 2.05) is 0 Å². The van der Waals surface area contributed by atoms with Crippen LogP contribution >= 0.6 is 0 Å². The van der Waals surface area contributed by atoms with Gasteiger partial charge in [-0.1, -0.05) is 353 Å². The molecule has 6 nitrogen and oxygen atoms in total. The molecule has 0 aromatic carbocycles. The molecule has 0 fully saturated rings. The minimum Gasteiger partial charge on any atom is -0.462 e. The molecule has 79 heavy (non-hydrogen) atoms. The first-order chi connectivity index (χ1) is 39.0. The normalized spacial score (nSPS) is 12.2. The van der Waals surface area contributed by atoms with E-state index in [0.717, 1.165) is 70.6 Å². The molecule has 0 radical (unpaired) electrons. The Balaban J connectivity index is 4.09. The first kappa shape index (κ1) is 76.6. The Hall–Kier alpha value is -2.37. The molecule has 0 aromatic rings. The maximum Gasteiger partial charge on any atom is 0.306 e. The summed E-state index contributed by atoms with van der Waals surface area (Å²) in [6, 6.07) is 0. The van der Waals surface area contributed by atoms with Gasteiger partial charge in [-0.15, -0.1) is 0 Å². The number of esters is 3. The number of hydrogen-bond acceptors (Lipinski definition) is 6. The molecule has 0 N–H and O–H groups in total. The minimum atomic E-state index is -0.766. The number of ether oxygens (including phenoxy) is 3. The second-order valence-electron chi connectivity index (χ2n) is 24.2. The van der Waals surface area contributed by atoms with Gasteiger partial charge in [0.2, 0.25) is 0 Å². The molecular weight excluding hydrogens is 973 g/mol. The van der Waals surface area contributed by atoms with Crippen molar-refractivity contribution in [2.24, 2.45) is 0 Å². The van der Waals surface area contributed by atoms with E-state index in [1.165, 1.54) is 283 Å². The lowest BCUT2D eigenvalue weighted by atomic mass is 10.0. The number of hydrogen-bond donors (Lipinski definition) is 0. The molecule has 0 saturated heterocycles. The third-order valence-corrected chi connectivity index (χ3v) is 16.1. The Kier molecular flexibility index (Phi) is 66.1. The van der Waals surface area contributed by atoms with E-state index in [9.17, 15) is 14.4 Å². The van der Waals surface area contributed by atoms with Crippen molar-refractivity contribution in [2.45, 2.75) is 399 Å². The van der Waals surface area contributed by atoms with Gasteiger partial charge in [-0.05, 0) is 57.8 Å². The third kappa shape index (κ3) is 66.3. The summed E-state index contributed by atoms with van der Waals surface area (Å²) < 4.78 is 17.0. The number of carbonyl (C=O) groups excluding carboxylic acids is 3. The van der Waals surface area contributed by atoms with Gasteiger partial charge >= 0.3 is 17.9 Å². The van der Waals surface area contributed by atoms with Crippen LogP contribution in [0.5, 0.6) is 0 Å². The van der Waals surface area contributed by atoms with Crippen molar-refractivity contribution in [1.29, 1.82) is 0 Å². The molecule has 0 aliphatic rings. The second-order valence-corrected chi connectivity index (χ2v) is 24.2. The highest BCUT2D eigenvalue weighted by Gasteiger charge is 2.19. The summed E-state index contributed by atoms with van der Waals surface area (Å²) in [6.07, 6.45) is 84.7. The highest BCUT2D eigenvalue weighted by Crippen LogP contribution is 2.19. The maximum absolute atomic E-state index is 12.9. The van der Waals surface area contributed by atoms with Gasteiger partial charge < -0.3 is 14.2 Å². The average Bonchev–Trinajstić information content (AvgIpc) is 3.45. The van der Waals surface area contributed by atoms with E-state index in [2.05, 4.69) is 57.2 Å². The van der Waals surface area contributed by atoms with E-state index in [4.69, 9.17) is 14.2 Å². The number of unbranched alkanes of at least 4 members (excludes halogenated alkanes) is 49. The smallest absolute Gasteiger partial charge is 0.306 e. The van der Waals surface area contributed by atoms with Gasteiger partial charge in [0.1, 0.15) is 13.2 Å². The molecule has 0 aliphatic carbocycles. The Bertz CT molecular complexity index is 1320. The Morgan fingerprint density at radius 1 is 0.253 bits per heavy atom. The van der Waals surface area contributed by atoms with Crippen molar-refractivity contribution in [3.8, 4) is 0 Å². The Morgan fingerprint density at radius 3 is 0.709 bits per heavy atom. The monoisotopic (exact) mass is 1110 g/mol. The molecule has 0 saturated carbocycles. The molecule has 6 heteroatoms. The van der Waals surface area contributed by atoms with Crippen molar-refractivity contribution in [3.05, 3.63) is 36.5 Å². The zero-order valence-corrected chi connectivity index (χ0v) is 53.4. The van der Waals surface area contributed by atoms with E-state index >= 15 is 0 Å². The summed E-state index contributed by atoms with van der Waals surface area (Å²) in [7, 11) is 0. The van der Waals surface area contributed by atoms with Crippen LogP contribution in [0, 0.1) is 0 Å². The van der Waals surface area contributed by atoms with Gasteiger partial charge in [0.05, 0.1) is 0 Å². The van der Waals surface area contributed by atoms with Crippen molar-refractivity contribution in [1.82, 2.24) is 0 Å². The zero-order valence-electron chi connectivity index (χ0n) is 53.4. The van der Waals surface area contributed by atoms with Crippen LogP contribution in [-0.2, 0) is 28.6 Å². The topological polar surface area (TPSA) is 78.9 Å². The van der Waals surface area contributed by atoms with E-state index in [0.29, 0.717) is 19.3 Å². The molecule has 0 aromatic heterocycles. The summed E-state index contributed by atoms with van der Waals surface area (Å²) in [5.74, 6) is -0.834. The molecule has 464 valence electrons. The number of rotatable bonds is 66. The first-order valence-corrected chi connectivity index (χ1v) is 35.5. The molecule has 0 amide bonds. The maximum atomic E-state index is 12.9. The molecule has 0 rings (SSSR count). The average molecular weight is 1110 g/mol. The van der Waals surface area contributed by atoms with Crippen molar-refractivity contribution in [3.63, 3.8) is 0 Å².